The van der Waals surface area contributed by atoms with Crippen molar-refractivity contribution in [2.45, 2.75) is 37.5 Å². The molecular weight excluding hydrogens is 390 g/mol. The fraction of sp³-hybridized carbons (Fsp3) is 0.417. The monoisotopic (exact) mass is 421 g/mol. The summed E-state index contributed by atoms with van der Waals surface area (Å²) in [6.07, 6.45) is 8.56. The summed E-state index contributed by atoms with van der Waals surface area (Å²) in [6, 6.07) is 12.2. The first-order chi connectivity index (χ1) is 15.2. The maximum Gasteiger partial charge on any atom is 0.145 e. The Bertz CT molecular complexity index is 1000. The van der Waals surface area contributed by atoms with Crippen LogP contribution in [0.3, 0.4) is 0 Å². The summed E-state index contributed by atoms with van der Waals surface area (Å²) in [4.78, 5) is 8.64. The van der Waals surface area contributed by atoms with Gasteiger partial charge in [-0.15, -0.1) is 0 Å². The fourth-order valence-corrected chi connectivity index (χ4v) is 4.41. The molecule has 7 nitrogen and oxygen atoms in total. The summed E-state index contributed by atoms with van der Waals surface area (Å²) in [5, 5.41) is 28.7. The van der Waals surface area contributed by atoms with Crippen LogP contribution in [-0.4, -0.2) is 57.1 Å². The number of fused-ring (bicyclic) bond motifs is 1. The van der Waals surface area contributed by atoms with E-state index in [4.69, 9.17) is 0 Å². The number of aromatic nitrogens is 3. The first kappa shape index (κ1) is 21.5. The van der Waals surface area contributed by atoms with Crippen molar-refractivity contribution in [3.63, 3.8) is 0 Å². The largest absolute Gasteiger partial charge is 0.390 e. The van der Waals surface area contributed by atoms with Gasteiger partial charge in [0.2, 0.25) is 0 Å². The number of hydrogen-bond donors (Lipinski definition) is 4. The molecule has 0 amide bonds. The first-order valence-electron chi connectivity index (χ1n) is 11.0. The number of aliphatic hydroxyl groups excluding tert-OH is 2. The van der Waals surface area contributed by atoms with E-state index >= 15 is 0 Å². The Morgan fingerprint density at radius 1 is 1.10 bits per heavy atom. The Kier molecular flexibility index (Phi) is 6.96. The molecule has 0 bridgehead atoms. The molecule has 0 saturated heterocycles. The van der Waals surface area contributed by atoms with Crippen LogP contribution in [0.5, 0.6) is 0 Å². The Morgan fingerprint density at radius 2 is 1.94 bits per heavy atom. The molecule has 31 heavy (non-hydrogen) atoms. The number of nitrogens with one attached hydrogen (secondary N) is 2. The van der Waals surface area contributed by atoms with Gasteiger partial charge in [0.25, 0.3) is 0 Å². The number of benzene rings is 1. The number of nitrogens with zero attached hydrogens (tertiary/aromatic N) is 3. The molecule has 2 aromatic heterocycles. The zero-order valence-electron chi connectivity index (χ0n) is 17.9. The van der Waals surface area contributed by atoms with E-state index in [2.05, 4.69) is 50.9 Å². The van der Waals surface area contributed by atoms with Gasteiger partial charge in [0.05, 0.1) is 17.5 Å². The maximum atomic E-state index is 10.7. The zero-order valence-corrected chi connectivity index (χ0v) is 17.9. The summed E-state index contributed by atoms with van der Waals surface area (Å²) in [7, 11) is 1.82. The van der Waals surface area contributed by atoms with Crippen molar-refractivity contribution in [3.8, 4) is 0 Å². The van der Waals surface area contributed by atoms with Crippen LogP contribution in [0.2, 0.25) is 0 Å². The minimum Gasteiger partial charge on any atom is -0.390 e. The molecule has 1 saturated carbocycles. The van der Waals surface area contributed by atoms with Crippen LogP contribution >= 0.6 is 0 Å². The van der Waals surface area contributed by atoms with Crippen molar-refractivity contribution in [1.29, 1.82) is 0 Å². The van der Waals surface area contributed by atoms with E-state index in [1.807, 2.05) is 36.0 Å². The summed E-state index contributed by atoms with van der Waals surface area (Å²) in [5.41, 5.74) is 2.10. The molecule has 0 radical (unpaired) electrons. The van der Waals surface area contributed by atoms with Gasteiger partial charge in [-0.2, -0.15) is 0 Å². The van der Waals surface area contributed by atoms with Crippen LogP contribution in [-0.2, 0) is 6.42 Å². The molecule has 1 aromatic carbocycles. The number of rotatable bonds is 9. The number of anilines is 1. The first-order valence-corrected chi connectivity index (χ1v) is 11.0. The Hall–Kier alpha value is -2.74. The quantitative estimate of drug-likeness (QED) is 0.313. The maximum absolute atomic E-state index is 10.7. The van der Waals surface area contributed by atoms with Crippen LogP contribution in [0.4, 0.5) is 5.82 Å². The van der Waals surface area contributed by atoms with Gasteiger partial charge >= 0.3 is 0 Å². The molecule has 164 valence electrons. The smallest absolute Gasteiger partial charge is 0.145 e. The van der Waals surface area contributed by atoms with Crippen molar-refractivity contribution in [1.82, 2.24) is 19.9 Å². The molecule has 3 aromatic rings. The van der Waals surface area contributed by atoms with Gasteiger partial charge < -0.3 is 25.4 Å². The van der Waals surface area contributed by atoms with Crippen molar-refractivity contribution >= 4 is 16.9 Å². The lowest BCUT2D eigenvalue weighted by Gasteiger charge is -2.18. The molecule has 4 atom stereocenters. The Balaban J connectivity index is 1.30. The molecule has 0 aliphatic heterocycles. The van der Waals surface area contributed by atoms with E-state index < -0.39 is 12.2 Å². The van der Waals surface area contributed by atoms with E-state index in [9.17, 15) is 10.2 Å². The third-order valence-corrected chi connectivity index (χ3v) is 6.10. The molecule has 1 aliphatic rings. The number of hydrogen-bond acceptors (Lipinski definition) is 6. The van der Waals surface area contributed by atoms with Crippen molar-refractivity contribution < 1.29 is 10.2 Å². The lowest BCUT2D eigenvalue weighted by atomic mass is 10.0. The topological polar surface area (TPSA) is 95.2 Å². The Labute approximate surface area is 182 Å². The van der Waals surface area contributed by atoms with Crippen molar-refractivity contribution in [2.24, 2.45) is 5.92 Å². The van der Waals surface area contributed by atoms with Crippen LogP contribution in [0.15, 0.2) is 61.1 Å². The Morgan fingerprint density at radius 3 is 2.74 bits per heavy atom. The van der Waals surface area contributed by atoms with Crippen LogP contribution in [0.1, 0.15) is 24.4 Å². The fourth-order valence-electron chi connectivity index (χ4n) is 4.41. The van der Waals surface area contributed by atoms with Crippen LogP contribution in [0, 0.1) is 5.92 Å². The van der Waals surface area contributed by atoms with Gasteiger partial charge in [-0.1, -0.05) is 42.5 Å². The third kappa shape index (κ3) is 4.79. The lowest BCUT2D eigenvalue weighted by molar-refractivity contribution is 0.0138. The summed E-state index contributed by atoms with van der Waals surface area (Å²) in [5.74, 6) is 0.681. The van der Waals surface area contributed by atoms with Crippen molar-refractivity contribution in [2.75, 3.05) is 25.5 Å². The second kappa shape index (κ2) is 10.0. The molecule has 1 aliphatic carbocycles. The average molecular weight is 422 g/mol. The summed E-state index contributed by atoms with van der Waals surface area (Å²) in [6.45, 7) is 1.84. The highest BCUT2D eigenvalue weighted by Crippen LogP contribution is 2.38. The van der Waals surface area contributed by atoms with E-state index in [-0.39, 0.29) is 12.0 Å². The van der Waals surface area contributed by atoms with E-state index in [0.717, 1.165) is 42.8 Å². The highest BCUT2D eigenvalue weighted by atomic mass is 16.3. The van der Waals surface area contributed by atoms with Crippen LogP contribution in [0.25, 0.3) is 11.0 Å². The van der Waals surface area contributed by atoms with E-state index in [1.54, 1.807) is 0 Å². The second-order valence-electron chi connectivity index (χ2n) is 8.08. The summed E-state index contributed by atoms with van der Waals surface area (Å²) < 4.78 is 1.96. The van der Waals surface area contributed by atoms with Gasteiger partial charge in [0.15, 0.2) is 0 Å². The minimum absolute atomic E-state index is 0.0765. The molecule has 7 heteroatoms. The van der Waals surface area contributed by atoms with Gasteiger partial charge in [-0.25, -0.2) is 9.97 Å². The van der Waals surface area contributed by atoms with Gasteiger partial charge in [0, 0.05) is 19.2 Å². The predicted molar refractivity (Wildman–Crippen MR) is 123 cm³/mol. The molecule has 0 unspecified atom stereocenters. The highest BCUT2D eigenvalue weighted by Gasteiger charge is 2.41. The van der Waals surface area contributed by atoms with Gasteiger partial charge in [0.1, 0.15) is 23.9 Å². The average Bonchev–Trinajstić information content (AvgIpc) is 3.35. The molecule has 4 rings (SSSR count). The molecular formula is C24H31N5O2. The molecule has 2 heterocycles. The molecule has 0 spiro atoms. The van der Waals surface area contributed by atoms with Crippen LogP contribution < -0.4 is 10.6 Å². The SMILES string of the molecule is CNc1ncnc2c1ccn2[C@@H]1C[C@H](/C=C/CCNCCc2ccccc2)[C@@H](O)[C@H]1O. The number of aliphatic hydroxyl groups is 2. The second-order valence-corrected chi connectivity index (χ2v) is 8.08. The zero-order chi connectivity index (χ0) is 21.6. The van der Waals surface area contributed by atoms with E-state index in [0.29, 0.717) is 6.42 Å². The molecule has 4 N–H and O–H groups in total. The van der Waals surface area contributed by atoms with Gasteiger partial charge in [-0.05, 0) is 44.0 Å². The standard InChI is InChI=1S/C24H31N5O2/c1-25-23-19-11-14-29(24(19)28-16-27-23)20-15-18(21(30)22(20)31)9-5-6-12-26-13-10-17-7-3-2-4-8-17/h2-5,7-9,11,14,16,18,20-22,26,30-31H,6,10,12-13,15H2,1H3,(H,25,27,28)/b9-5+/t18-,20+,21+,22-/m0/s1. The van der Waals surface area contributed by atoms with E-state index in [1.165, 1.54) is 11.9 Å². The van der Waals surface area contributed by atoms with Gasteiger partial charge in [-0.3, -0.25) is 0 Å². The highest BCUT2D eigenvalue weighted by molar-refractivity contribution is 5.87. The minimum atomic E-state index is -0.831. The molecule has 1 fully saturated rings. The normalized spacial score (nSPS) is 23.7. The van der Waals surface area contributed by atoms with Crippen molar-refractivity contribution in [3.05, 3.63) is 66.6 Å². The summed E-state index contributed by atoms with van der Waals surface area (Å²) >= 11 is 0. The lowest BCUT2D eigenvalue weighted by Crippen LogP contribution is -2.29. The third-order valence-electron chi connectivity index (χ3n) is 6.10. The predicted octanol–water partition coefficient (Wildman–Crippen LogP) is 2.53.